The largest absolute Gasteiger partial charge is 0.506 e. The Balaban J connectivity index is 2.62. The van der Waals surface area contributed by atoms with Crippen molar-refractivity contribution in [2.45, 2.75) is 13.8 Å². The second-order valence-corrected chi connectivity index (χ2v) is 6.81. The summed E-state index contributed by atoms with van der Waals surface area (Å²) in [5, 5.41) is 12.9. The maximum atomic E-state index is 12.4. The van der Waals surface area contributed by atoms with Gasteiger partial charge < -0.3 is 15.2 Å². The van der Waals surface area contributed by atoms with Crippen molar-refractivity contribution in [3.05, 3.63) is 51.9 Å². The molecular weight excluding hydrogens is 470 g/mol. The number of nitrogens with one attached hydrogen (secondary N) is 3. The van der Waals surface area contributed by atoms with Crippen LogP contribution in [0.15, 0.2) is 40.8 Å². The van der Waals surface area contributed by atoms with Gasteiger partial charge in [0.2, 0.25) is 0 Å². The van der Waals surface area contributed by atoms with Crippen LogP contribution >= 0.6 is 0 Å². The van der Waals surface area contributed by atoms with E-state index in [1.807, 2.05) is 11.0 Å². The molecule has 0 spiro atoms. The minimum absolute atomic E-state index is 0.0958. The number of ketones is 3. The molecule has 1 aromatic rings. The zero-order valence-corrected chi connectivity index (χ0v) is 18.8. The fourth-order valence-corrected chi connectivity index (χ4v) is 2.93. The molecule has 0 fully saturated rings. The van der Waals surface area contributed by atoms with Gasteiger partial charge in [-0.25, -0.2) is 20.5 Å². The molecule has 0 atom stereocenters. The lowest BCUT2D eigenvalue weighted by atomic mass is 10.0. The predicted octanol–water partition coefficient (Wildman–Crippen LogP) is -0.422. The molecule has 2 amide bonds. The molecule has 35 heavy (non-hydrogen) atoms. The molecule has 0 unspecified atom stereocenters. The molecule has 0 radical (unpaired) electrons. The number of aliphatic hydroxyl groups excluding tert-OH is 1. The Bertz CT molecular complexity index is 1180. The average molecular weight is 489 g/mol. The van der Waals surface area contributed by atoms with E-state index in [-0.39, 0.29) is 22.5 Å². The summed E-state index contributed by atoms with van der Waals surface area (Å²) in [6.45, 7) is 2.23. The molecule has 1 heterocycles. The number of ether oxygens (including phenoxy) is 1. The van der Waals surface area contributed by atoms with Crippen LogP contribution in [0, 0.1) is 0 Å². The number of hydrogen-bond donors (Lipinski definition) is 4. The first-order chi connectivity index (χ1) is 16.4. The summed E-state index contributed by atoms with van der Waals surface area (Å²) in [5.74, 6) is -9.08. The van der Waals surface area contributed by atoms with Gasteiger partial charge in [0.15, 0.2) is 5.78 Å². The maximum Gasteiger partial charge on any atom is 0.353 e. The predicted molar refractivity (Wildman–Crippen MR) is 113 cm³/mol. The van der Waals surface area contributed by atoms with Crippen molar-refractivity contribution < 1.29 is 53.1 Å². The van der Waals surface area contributed by atoms with Crippen molar-refractivity contribution in [3.63, 3.8) is 0 Å². The Hall–Kier alpha value is -4.69. The van der Waals surface area contributed by atoms with Gasteiger partial charge in [0.05, 0.1) is 14.2 Å². The van der Waals surface area contributed by atoms with Crippen LogP contribution < -0.4 is 16.3 Å². The van der Waals surface area contributed by atoms with Gasteiger partial charge in [-0.15, -0.1) is 0 Å². The fourth-order valence-electron chi connectivity index (χ4n) is 2.93. The number of aliphatic hydroxyl groups is 1. The molecule has 0 aliphatic carbocycles. The summed E-state index contributed by atoms with van der Waals surface area (Å²) >= 11 is 0. The van der Waals surface area contributed by atoms with Crippen molar-refractivity contribution in [2.24, 2.45) is 0 Å². The lowest BCUT2D eigenvalue weighted by molar-refractivity contribution is -0.155. The number of benzene rings is 1. The molecule has 0 saturated carbocycles. The molecular formula is C21H19N3O11. The number of carbonyl (C=O) groups is 7. The maximum absolute atomic E-state index is 12.4. The molecule has 14 heteroatoms. The standard InChI is InChI=1S/C21H19N3O11/c1-8(13-17(28)14(9(2)25)21(32)35-20(13)31)22-12-6-10(15(26)18(29)23-33-3)5-11(7-12)16(27)19(30)24-34-4/h5-7,22,28H,1-4H3,(H,23,29)(H,24,30)/b13-8-. The van der Waals surface area contributed by atoms with Crippen LogP contribution in [0.5, 0.6) is 0 Å². The van der Waals surface area contributed by atoms with Gasteiger partial charge in [-0.05, 0) is 32.0 Å². The Labute approximate surface area is 196 Å². The van der Waals surface area contributed by atoms with Crippen LogP contribution in [0.2, 0.25) is 0 Å². The van der Waals surface area contributed by atoms with Gasteiger partial charge in [-0.1, -0.05) is 0 Å². The van der Waals surface area contributed by atoms with Gasteiger partial charge in [-0.2, -0.15) is 0 Å². The highest BCUT2D eigenvalue weighted by Crippen LogP contribution is 2.26. The van der Waals surface area contributed by atoms with E-state index in [1.54, 1.807) is 0 Å². The van der Waals surface area contributed by atoms with E-state index in [1.165, 1.54) is 6.92 Å². The van der Waals surface area contributed by atoms with Crippen molar-refractivity contribution in [2.75, 3.05) is 19.5 Å². The van der Waals surface area contributed by atoms with E-state index in [0.717, 1.165) is 39.3 Å². The monoisotopic (exact) mass is 489 g/mol. The van der Waals surface area contributed by atoms with E-state index in [4.69, 9.17) is 0 Å². The second kappa shape index (κ2) is 11.0. The third-order valence-corrected chi connectivity index (χ3v) is 4.39. The number of rotatable bonds is 9. The average Bonchev–Trinajstić information content (AvgIpc) is 2.77. The summed E-state index contributed by atoms with van der Waals surface area (Å²) in [5.41, 5.74) is 1.31. The van der Waals surface area contributed by atoms with Crippen LogP contribution in [-0.4, -0.2) is 60.4 Å². The molecule has 1 aliphatic heterocycles. The lowest BCUT2D eigenvalue weighted by Gasteiger charge is -2.19. The molecule has 2 rings (SSSR count). The Kier molecular flexibility index (Phi) is 8.31. The third-order valence-electron chi connectivity index (χ3n) is 4.39. The zero-order chi connectivity index (χ0) is 26.4. The summed E-state index contributed by atoms with van der Waals surface area (Å²) in [7, 11) is 2.18. The molecule has 0 bridgehead atoms. The zero-order valence-electron chi connectivity index (χ0n) is 18.8. The first kappa shape index (κ1) is 26.6. The number of carbonyl (C=O) groups excluding carboxylic acids is 7. The van der Waals surface area contributed by atoms with Crippen LogP contribution in [-0.2, 0) is 38.4 Å². The summed E-state index contributed by atoms with van der Waals surface area (Å²) in [6.07, 6.45) is 0. The molecule has 14 nitrogen and oxygen atoms in total. The Morgan fingerprint density at radius 1 is 0.829 bits per heavy atom. The molecule has 0 saturated heterocycles. The van der Waals surface area contributed by atoms with E-state index < -0.39 is 58.0 Å². The number of hydroxylamine groups is 2. The van der Waals surface area contributed by atoms with E-state index in [2.05, 4.69) is 19.7 Å². The minimum atomic E-state index is -1.33. The summed E-state index contributed by atoms with van der Waals surface area (Å²) in [6, 6.07) is 3.15. The van der Waals surface area contributed by atoms with E-state index in [0.29, 0.717) is 0 Å². The van der Waals surface area contributed by atoms with E-state index >= 15 is 0 Å². The van der Waals surface area contributed by atoms with E-state index in [9.17, 15) is 38.7 Å². The lowest BCUT2D eigenvalue weighted by Crippen LogP contribution is -2.32. The van der Waals surface area contributed by atoms with Gasteiger partial charge in [0.25, 0.3) is 11.6 Å². The molecule has 4 N–H and O–H groups in total. The second-order valence-electron chi connectivity index (χ2n) is 6.81. The molecule has 184 valence electrons. The number of hydrogen-bond acceptors (Lipinski definition) is 12. The smallest absolute Gasteiger partial charge is 0.353 e. The topological polar surface area (TPSA) is 203 Å². The molecule has 1 aliphatic rings. The number of allylic oxidation sites excluding steroid dienone is 1. The highest BCUT2D eigenvalue weighted by molar-refractivity contribution is 6.45. The van der Waals surface area contributed by atoms with Crippen molar-refractivity contribution in [3.8, 4) is 0 Å². The van der Waals surface area contributed by atoms with Crippen molar-refractivity contribution in [1.29, 1.82) is 0 Å². The Morgan fingerprint density at radius 3 is 1.74 bits per heavy atom. The number of Topliss-reactive ketones (excluding diaryl/α,β-unsaturated/α-hetero) is 3. The van der Waals surface area contributed by atoms with Gasteiger partial charge in [-0.3, -0.25) is 33.6 Å². The normalized spacial score (nSPS) is 14.6. The van der Waals surface area contributed by atoms with Crippen LogP contribution in [0.25, 0.3) is 0 Å². The minimum Gasteiger partial charge on any atom is -0.506 e. The first-order valence-electron chi connectivity index (χ1n) is 9.52. The number of amides is 2. The third kappa shape index (κ3) is 5.82. The highest BCUT2D eigenvalue weighted by atomic mass is 16.6. The quantitative estimate of drug-likeness (QED) is 0.0664. The highest BCUT2D eigenvalue weighted by Gasteiger charge is 2.36. The number of cyclic esters (lactones) is 2. The summed E-state index contributed by atoms with van der Waals surface area (Å²) < 4.78 is 4.49. The van der Waals surface area contributed by atoms with Gasteiger partial charge in [0.1, 0.15) is 16.9 Å². The fraction of sp³-hybridized carbons (Fsp3) is 0.190. The Morgan fingerprint density at radius 2 is 1.31 bits per heavy atom. The summed E-state index contributed by atoms with van der Waals surface area (Å²) in [4.78, 5) is 93.1. The van der Waals surface area contributed by atoms with Crippen LogP contribution in [0.4, 0.5) is 5.69 Å². The van der Waals surface area contributed by atoms with Crippen molar-refractivity contribution in [1.82, 2.24) is 11.0 Å². The van der Waals surface area contributed by atoms with Crippen molar-refractivity contribution >= 4 is 46.8 Å². The number of esters is 2. The molecule has 0 aromatic heterocycles. The number of anilines is 1. The van der Waals surface area contributed by atoms with Gasteiger partial charge >= 0.3 is 23.8 Å². The molecule has 1 aromatic carbocycles. The van der Waals surface area contributed by atoms with Crippen LogP contribution in [0.1, 0.15) is 34.6 Å². The SMILES string of the molecule is CONC(=O)C(=O)c1cc(N/C(C)=C2\C(=O)OC(=O)C(C(C)=O)=C2O)cc(C(=O)C(=O)NOC)c1. The first-order valence-corrected chi connectivity index (χ1v) is 9.52. The van der Waals surface area contributed by atoms with Crippen LogP contribution in [0.3, 0.4) is 0 Å². The van der Waals surface area contributed by atoms with Gasteiger partial charge in [0, 0.05) is 22.5 Å².